The van der Waals surface area contributed by atoms with Crippen LogP contribution in [0.3, 0.4) is 0 Å². The molecule has 0 saturated carbocycles. The van der Waals surface area contributed by atoms with E-state index in [0.29, 0.717) is 6.08 Å². The van der Waals surface area contributed by atoms with E-state index in [0.717, 1.165) is 13.8 Å². The molecule has 38 heavy (non-hydrogen) atoms. The monoisotopic (exact) mass is 594 g/mol. The number of nitrogens with two attached hydrogens (primary N) is 1. The van der Waals surface area contributed by atoms with Crippen molar-refractivity contribution in [3.05, 3.63) is 28.8 Å². The van der Waals surface area contributed by atoms with Gasteiger partial charge >= 0.3 is 22.4 Å². The lowest BCUT2D eigenvalue weighted by molar-refractivity contribution is -0.670. The highest BCUT2D eigenvalue weighted by molar-refractivity contribution is 8.45. The first-order valence-electron chi connectivity index (χ1n) is 10.3. The van der Waals surface area contributed by atoms with Gasteiger partial charge in [-0.05, 0) is 63.6 Å². The van der Waals surface area contributed by atoms with Gasteiger partial charge in [0.1, 0.15) is 10.6 Å². The lowest BCUT2D eigenvalue weighted by Crippen LogP contribution is -2.42. The molecule has 2 heterocycles. The summed E-state index contributed by atoms with van der Waals surface area (Å²) in [6, 6.07) is -0.109. The van der Waals surface area contributed by atoms with Crippen LogP contribution in [0.4, 0.5) is 32.6 Å². The Balaban J connectivity index is 0.00000116. The molecule has 3 rings (SSSR count). The minimum absolute atomic E-state index is 0.0185. The summed E-state index contributed by atoms with van der Waals surface area (Å²) >= 11 is 0. The summed E-state index contributed by atoms with van der Waals surface area (Å²) in [5.41, 5.74) is -2.68. The van der Waals surface area contributed by atoms with E-state index < -0.39 is 62.1 Å². The van der Waals surface area contributed by atoms with Crippen LogP contribution in [0.25, 0.3) is 6.08 Å². The maximum absolute atomic E-state index is 13.3. The molecule has 2 atom stereocenters. The highest BCUT2D eigenvalue weighted by Crippen LogP contribution is 3.02. The largest absolute Gasteiger partial charge is 0.483 e. The van der Waals surface area contributed by atoms with E-state index in [1.54, 1.807) is 0 Å². The minimum atomic E-state index is -10.1. The second-order valence-corrected chi connectivity index (χ2v) is 9.85. The highest BCUT2D eigenvalue weighted by Gasteiger charge is 2.65. The van der Waals surface area contributed by atoms with Crippen molar-refractivity contribution in [1.29, 1.82) is 0 Å². The van der Waals surface area contributed by atoms with Crippen LogP contribution in [0.5, 0.6) is 5.75 Å². The quantitative estimate of drug-likeness (QED) is 0.114. The number of benzene rings is 1. The van der Waals surface area contributed by atoms with Gasteiger partial charge in [-0.1, -0.05) is 19.4 Å². The Bertz CT molecular complexity index is 980. The first kappa shape index (κ1) is 35.3. The first-order chi connectivity index (χ1) is 17.2. The van der Waals surface area contributed by atoms with Gasteiger partial charge in [-0.3, -0.25) is 9.63 Å². The third-order valence-electron chi connectivity index (χ3n) is 4.51. The van der Waals surface area contributed by atoms with Gasteiger partial charge in [-0.15, -0.1) is 0 Å². The summed E-state index contributed by atoms with van der Waals surface area (Å²) in [5, 5.41) is 16.9. The van der Waals surface area contributed by atoms with Crippen LogP contribution in [0.15, 0.2) is 22.6 Å². The summed E-state index contributed by atoms with van der Waals surface area (Å²) < 4.78 is 114. The molecule has 1 aromatic carbocycles. The first-order valence-corrected chi connectivity index (χ1v) is 12.2. The molecule has 19 heteroatoms. The molecule has 8 N–H and O–H groups in total. The maximum atomic E-state index is 13.3. The van der Waals surface area contributed by atoms with E-state index in [9.17, 15) is 37.4 Å². The molecule has 2 unspecified atom stereocenters. The van der Waals surface area contributed by atoms with Crippen molar-refractivity contribution in [2.75, 3.05) is 13.1 Å². The van der Waals surface area contributed by atoms with Gasteiger partial charge in [0.25, 0.3) is 6.47 Å². The number of carboxylic acid groups (broad SMARTS) is 1. The number of hydrogen-bond acceptors (Lipinski definition) is 8. The van der Waals surface area contributed by atoms with Crippen molar-refractivity contribution in [2.45, 2.75) is 50.2 Å². The molecule has 2 aliphatic rings. The number of quaternary nitrogens is 1. The smallest absolute Gasteiger partial charge is 0.430 e. The SMILES string of the molecule is C1CCNC1.Cc1cc(S(F)(F)(F)(F)F)cc2c1OC(C(F)(F)F)C(C(=O)OC(C)ON)=C2.O=CO.[NH3+]O. The van der Waals surface area contributed by atoms with Gasteiger partial charge in [-0.2, -0.15) is 13.2 Å². The van der Waals surface area contributed by atoms with Gasteiger partial charge in [0.15, 0.2) is 0 Å². The number of rotatable bonds is 4. The molecule has 1 saturated heterocycles. The average molecular weight is 594 g/mol. The topological polar surface area (TPSA) is 168 Å². The number of aryl methyl sites for hydroxylation is 1. The second-order valence-electron chi connectivity index (χ2n) is 7.44. The average Bonchev–Trinajstić information content (AvgIpc) is 3.38. The minimum Gasteiger partial charge on any atom is -0.483 e. The second kappa shape index (κ2) is 12.9. The zero-order valence-electron chi connectivity index (χ0n) is 19.9. The number of halogens is 8. The van der Waals surface area contributed by atoms with E-state index in [4.69, 9.17) is 21.0 Å². The zero-order valence-corrected chi connectivity index (χ0v) is 20.8. The maximum Gasteiger partial charge on any atom is 0.430 e. The number of hydrogen-bond donors (Lipinski definition) is 5. The normalized spacial score (nSPS) is 19.0. The van der Waals surface area contributed by atoms with Crippen molar-refractivity contribution >= 4 is 28.7 Å². The van der Waals surface area contributed by atoms with E-state index in [1.807, 2.05) is 0 Å². The number of carbonyl (C=O) groups excluding carboxylic acids is 1. The molecule has 0 radical (unpaired) electrons. The Kier molecular flexibility index (Phi) is 12.0. The Labute approximate surface area is 211 Å². The van der Waals surface area contributed by atoms with Gasteiger partial charge in [0.2, 0.25) is 12.4 Å². The molecule has 0 spiro atoms. The van der Waals surface area contributed by atoms with E-state index >= 15 is 0 Å². The molecular formula is C19H28F8N3O7S+. The van der Waals surface area contributed by atoms with Crippen molar-refractivity contribution < 1.29 is 72.7 Å². The van der Waals surface area contributed by atoms with E-state index in [-0.39, 0.29) is 18.6 Å². The highest BCUT2D eigenvalue weighted by atomic mass is 32.5. The predicted octanol–water partition coefficient (Wildman–Crippen LogP) is 3.83. The van der Waals surface area contributed by atoms with Crippen LogP contribution in [0.1, 0.15) is 30.9 Å². The number of alkyl halides is 3. The number of carbonyl (C=O) groups is 2. The number of esters is 1. The molecular weight excluding hydrogens is 566 g/mol. The summed E-state index contributed by atoms with van der Waals surface area (Å²) in [7, 11) is -10.1. The molecule has 1 aromatic rings. The van der Waals surface area contributed by atoms with Crippen LogP contribution in [0.2, 0.25) is 0 Å². The number of ether oxygens (including phenoxy) is 2. The molecule has 0 aromatic heterocycles. The summed E-state index contributed by atoms with van der Waals surface area (Å²) in [6.45, 7) is 4.16. The van der Waals surface area contributed by atoms with Crippen molar-refractivity contribution in [3.63, 3.8) is 0 Å². The molecule has 222 valence electrons. The summed E-state index contributed by atoms with van der Waals surface area (Å²) in [5.74, 6) is 4.56. The Morgan fingerprint density at radius 1 is 1.21 bits per heavy atom. The molecule has 0 aliphatic carbocycles. The molecule has 10 nitrogen and oxygen atoms in total. The van der Waals surface area contributed by atoms with Gasteiger partial charge in [0, 0.05) is 5.56 Å². The molecule has 0 amide bonds. The fraction of sp³-hybridized carbons (Fsp3) is 0.474. The zero-order chi connectivity index (χ0) is 30.0. The fourth-order valence-electron chi connectivity index (χ4n) is 2.96. The Morgan fingerprint density at radius 3 is 2.08 bits per heavy atom. The van der Waals surface area contributed by atoms with Crippen LogP contribution < -0.4 is 21.8 Å². The third-order valence-corrected chi connectivity index (χ3v) is 5.63. The van der Waals surface area contributed by atoms with E-state index in [1.165, 1.54) is 25.9 Å². The molecule has 1 fully saturated rings. The van der Waals surface area contributed by atoms with Crippen LogP contribution in [-0.4, -0.2) is 54.4 Å². The fourth-order valence-corrected chi connectivity index (χ4v) is 3.71. The van der Waals surface area contributed by atoms with Crippen molar-refractivity contribution in [3.8, 4) is 5.75 Å². The Morgan fingerprint density at radius 2 is 1.71 bits per heavy atom. The van der Waals surface area contributed by atoms with Gasteiger partial charge < -0.3 is 19.9 Å². The van der Waals surface area contributed by atoms with Crippen molar-refractivity contribution in [1.82, 2.24) is 5.32 Å². The van der Waals surface area contributed by atoms with Crippen molar-refractivity contribution in [2.24, 2.45) is 5.90 Å². The third kappa shape index (κ3) is 11.0. The van der Waals surface area contributed by atoms with Gasteiger partial charge in [0.05, 0.1) is 5.57 Å². The van der Waals surface area contributed by atoms with Crippen LogP contribution in [-0.2, 0) is 19.2 Å². The summed E-state index contributed by atoms with van der Waals surface area (Å²) in [6.07, 6.45) is -6.44. The van der Waals surface area contributed by atoms with Gasteiger partial charge in [-0.25, -0.2) is 21.8 Å². The lowest BCUT2D eigenvalue weighted by Gasteiger charge is -2.41. The molecule has 2 aliphatic heterocycles. The Hall–Kier alpha value is -2.71. The lowest BCUT2D eigenvalue weighted by atomic mass is 9.99. The molecule has 0 bridgehead atoms. The standard InChI is InChI=1S/C14H13F8NO4S.C4H9N.CH2O2.H4NO/c1-6-3-9(28(18,19,20,21)22)4-8-5-10(13(24)25-7(2)27-23)12(14(15,16)17)26-11(6)8;1-2-4-5-3-1;2-1-3;1-2/h3-5,7,12H,23H2,1-2H3;5H,1-4H2;1H,(H,2,3);2H,1H3/q;;;+1. The van der Waals surface area contributed by atoms with E-state index in [2.05, 4.69) is 25.5 Å². The van der Waals surface area contributed by atoms with Crippen LogP contribution >= 0.6 is 10.2 Å². The van der Waals surface area contributed by atoms with Crippen LogP contribution in [0, 0.1) is 6.92 Å². The number of nitrogens with one attached hydrogen (secondary N) is 1. The predicted molar refractivity (Wildman–Crippen MR) is 117 cm³/mol. The summed E-state index contributed by atoms with van der Waals surface area (Å²) in [4.78, 5) is 22.1. The number of fused-ring (bicyclic) bond motifs is 1.